The number of amides is 2. The lowest BCUT2D eigenvalue weighted by Gasteiger charge is -2.35. The number of carboxylic acid groups (broad SMARTS) is 1. The maximum absolute atomic E-state index is 13.8. The summed E-state index contributed by atoms with van der Waals surface area (Å²) in [7, 11) is 0. The Morgan fingerprint density at radius 2 is 1.62 bits per heavy atom. The molecule has 3 aromatic rings. The van der Waals surface area contributed by atoms with Crippen LogP contribution in [0.5, 0.6) is 5.88 Å². The second-order valence-electron chi connectivity index (χ2n) is 12.0. The number of para-hydroxylation sites is 1. The molecule has 0 spiro atoms. The number of fused-ring (bicyclic) bond motifs is 1. The SMILES string of the molecule is CC(C)(C)OC(=O)N[C@H](C(=O)N1C[C@H](Oc2nc(-c3ccccc3)nc3ccccc23)C[C@H]1C(=O)O)C(C)(C)C. The lowest BCUT2D eigenvalue weighted by Crippen LogP contribution is -2.57. The van der Waals surface area contributed by atoms with Crippen molar-refractivity contribution in [1.82, 2.24) is 20.2 Å². The zero-order valence-corrected chi connectivity index (χ0v) is 23.7. The van der Waals surface area contributed by atoms with Gasteiger partial charge in [-0.05, 0) is 38.3 Å². The molecule has 2 amide bonds. The Morgan fingerprint density at radius 3 is 2.25 bits per heavy atom. The van der Waals surface area contributed by atoms with Crippen molar-refractivity contribution in [2.24, 2.45) is 5.41 Å². The predicted molar refractivity (Wildman–Crippen MR) is 150 cm³/mol. The van der Waals surface area contributed by atoms with Gasteiger partial charge in [0, 0.05) is 12.0 Å². The first kappa shape index (κ1) is 28.8. The molecule has 2 aromatic carbocycles. The highest BCUT2D eigenvalue weighted by molar-refractivity contribution is 5.90. The van der Waals surface area contributed by atoms with E-state index in [4.69, 9.17) is 9.47 Å². The first-order valence-electron chi connectivity index (χ1n) is 13.2. The summed E-state index contributed by atoms with van der Waals surface area (Å²) >= 11 is 0. The van der Waals surface area contributed by atoms with Crippen LogP contribution < -0.4 is 10.1 Å². The summed E-state index contributed by atoms with van der Waals surface area (Å²) in [5.41, 5.74) is 0.0149. The molecular weight excluding hydrogens is 512 g/mol. The molecule has 4 rings (SSSR count). The van der Waals surface area contributed by atoms with Gasteiger partial charge in [0.1, 0.15) is 23.8 Å². The lowest BCUT2D eigenvalue weighted by molar-refractivity contribution is -0.150. The Labute approximate surface area is 233 Å². The van der Waals surface area contributed by atoms with E-state index < -0.39 is 47.2 Å². The Morgan fingerprint density at radius 1 is 0.975 bits per heavy atom. The van der Waals surface area contributed by atoms with Crippen molar-refractivity contribution >= 4 is 28.9 Å². The molecular formula is C30H36N4O6. The number of benzene rings is 2. The molecule has 0 unspecified atom stereocenters. The van der Waals surface area contributed by atoms with E-state index in [9.17, 15) is 19.5 Å². The maximum atomic E-state index is 13.8. The molecule has 212 valence electrons. The maximum Gasteiger partial charge on any atom is 0.408 e. The van der Waals surface area contributed by atoms with Gasteiger partial charge in [0.25, 0.3) is 0 Å². The Hall–Kier alpha value is -4.21. The van der Waals surface area contributed by atoms with Crippen molar-refractivity contribution in [2.75, 3.05) is 6.54 Å². The summed E-state index contributed by atoms with van der Waals surface area (Å²) in [4.78, 5) is 49.2. The number of aliphatic carboxylic acids is 1. The van der Waals surface area contributed by atoms with Gasteiger partial charge in [-0.2, -0.15) is 4.98 Å². The largest absolute Gasteiger partial charge is 0.480 e. The zero-order valence-electron chi connectivity index (χ0n) is 23.7. The van der Waals surface area contributed by atoms with E-state index in [1.54, 1.807) is 41.5 Å². The molecule has 1 aliphatic rings. The lowest BCUT2D eigenvalue weighted by atomic mass is 9.85. The molecule has 3 atom stereocenters. The van der Waals surface area contributed by atoms with E-state index in [1.165, 1.54) is 4.90 Å². The summed E-state index contributed by atoms with van der Waals surface area (Å²) in [5.74, 6) is -0.882. The monoisotopic (exact) mass is 548 g/mol. The number of carboxylic acids is 1. The fourth-order valence-electron chi connectivity index (χ4n) is 4.61. The van der Waals surface area contributed by atoms with Crippen molar-refractivity contribution in [3.63, 3.8) is 0 Å². The molecule has 0 saturated carbocycles. The van der Waals surface area contributed by atoms with Crippen LogP contribution in [0.4, 0.5) is 4.79 Å². The molecule has 1 saturated heterocycles. The average Bonchev–Trinajstić information content (AvgIpc) is 3.30. The number of ether oxygens (including phenoxy) is 2. The van der Waals surface area contributed by atoms with Gasteiger partial charge >= 0.3 is 12.1 Å². The number of nitrogens with one attached hydrogen (secondary N) is 1. The van der Waals surface area contributed by atoms with Crippen molar-refractivity contribution < 1.29 is 29.0 Å². The highest BCUT2D eigenvalue weighted by Crippen LogP contribution is 2.31. The van der Waals surface area contributed by atoms with E-state index in [0.29, 0.717) is 22.6 Å². The van der Waals surface area contributed by atoms with E-state index in [1.807, 2.05) is 54.6 Å². The molecule has 0 aliphatic carbocycles. The molecule has 10 heteroatoms. The van der Waals surface area contributed by atoms with Crippen molar-refractivity contribution in [3.8, 4) is 17.3 Å². The van der Waals surface area contributed by atoms with Crippen molar-refractivity contribution in [1.29, 1.82) is 0 Å². The third kappa shape index (κ3) is 6.67. The van der Waals surface area contributed by atoms with Gasteiger partial charge in [0.05, 0.1) is 17.4 Å². The van der Waals surface area contributed by atoms with E-state index in [-0.39, 0.29) is 13.0 Å². The highest BCUT2D eigenvalue weighted by atomic mass is 16.6. The first-order chi connectivity index (χ1) is 18.7. The molecule has 40 heavy (non-hydrogen) atoms. The molecule has 10 nitrogen and oxygen atoms in total. The molecule has 0 radical (unpaired) electrons. The summed E-state index contributed by atoms with van der Waals surface area (Å²) in [6, 6.07) is 14.7. The smallest absolute Gasteiger partial charge is 0.408 e. The Bertz CT molecular complexity index is 1400. The van der Waals surface area contributed by atoms with Gasteiger partial charge in [-0.15, -0.1) is 0 Å². The fourth-order valence-corrected chi connectivity index (χ4v) is 4.61. The van der Waals surface area contributed by atoms with Crippen LogP contribution >= 0.6 is 0 Å². The molecule has 1 aromatic heterocycles. The number of aromatic nitrogens is 2. The van der Waals surface area contributed by atoms with Crippen LogP contribution in [-0.2, 0) is 14.3 Å². The zero-order chi connectivity index (χ0) is 29.2. The minimum Gasteiger partial charge on any atom is -0.480 e. The van der Waals surface area contributed by atoms with Crippen LogP contribution in [0.3, 0.4) is 0 Å². The number of nitrogens with zero attached hydrogens (tertiary/aromatic N) is 3. The van der Waals surface area contributed by atoms with E-state index in [0.717, 1.165) is 5.56 Å². The van der Waals surface area contributed by atoms with Crippen LogP contribution in [0.2, 0.25) is 0 Å². The summed E-state index contributed by atoms with van der Waals surface area (Å²) in [6.07, 6.45) is -1.33. The minimum absolute atomic E-state index is 0.0113. The van der Waals surface area contributed by atoms with Gasteiger partial charge in [-0.25, -0.2) is 14.6 Å². The highest BCUT2D eigenvalue weighted by Gasteiger charge is 2.46. The van der Waals surface area contributed by atoms with Gasteiger partial charge in [0.2, 0.25) is 11.8 Å². The van der Waals surface area contributed by atoms with Gasteiger partial charge < -0.3 is 24.8 Å². The standard InChI is InChI=1S/C30H36N4O6/c1-29(2,3)23(32-28(38)40-30(4,5)6)26(35)34-17-19(16-22(34)27(36)37)39-25-20-14-10-11-15-21(20)31-24(33-25)18-12-8-7-9-13-18/h7-15,19,22-23H,16-17H2,1-6H3,(H,32,38)(H,36,37)/t19-,22+,23-/m1/s1. The molecule has 1 fully saturated rings. The minimum atomic E-state index is -1.15. The first-order valence-corrected chi connectivity index (χ1v) is 13.2. The van der Waals surface area contributed by atoms with Crippen LogP contribution in [0.25, 0.3) is 22.3 Å². The Balaban J connectivity index is 1.62. The topological polar surface area (TPSA) is 131 Å². The number of carbonyl (C=O) groups is 3. The number of carbonyl (C=O) groups excluding carboxylic acids is 2. The number of alkyl carbamates (subject to hydrolysis) is 1. The number of hydrogen-bond donors (Lipinski definition) is 2. The average molecular weight is 549 g/mol. The van der Waals surface area contributed by atoms with Crippen LogP contribution in [0.15, 0.2) is 54.6 Å². The normalized spacial score (nSPS) is 18.3. The quantitative estimate of drug-likeness (QED) is 0.454. The summed E-state index contributed by atoms with van der Waals surface area (Å²) in [5, 5.41) is 13.3. The van der Waals surface area contributed by atoms with Crippen molar-refractivity contribution in [2.45, 2.75) is 71.8 Å². The molecule has 1 aliphatic heterocycles. The number of rotatable bonds is 6. The third-order valence-electron chi connectivity index (χ3n) is 6.48. The molecule has 0 bridgehead atoms. The summed E-state index contributed by atoms with van der Waals surface area (Å²) in [6.45, 7) is 10.6. The van der Waals surface area contributed by atoms with Crippen molar-refractivity contribution in [3.05, 3.63) is 54.6 Å². The molecule has 2 N–H and O–H groups in total. The Kier molecular flexibility index (Phi) is 8.00. The van der Waals surface area contributed by atoms with Crippen LogP contribution in [0, 0.1) is 5.41 Å². The van der Waals surface area contributed by atoms with Crippen LogP contribution in [-0.4, -0.2) is 68.3 Å². The van der Waals surface area contributed by atoms with Gasteiger partial charge in [-0.1, -0.05) is 63.2 Å². The number of hydrogen-bond acceptors (Lipinski definition) is 7. The van der Waals surface area contributed by atoms with E-state index in [2.05, 4.69) is 15.3 Å². The van der Waals surface area contributed by atoms with Gasteiger partial charge in [0.15, 0.2) is 5.82 Å². The molecule has 2 heterocycles. The third-order valence-corrected chi connectivity index (χ3v) is 6.48. The predicted octanol–water partition coefficient (Wildman–Crippen LogP) is 4.67. The van der Waals surface area contributed by atoms with Crippen LogP contribution in [0.1, 0.15) is 48.0 Å². The summed E-state index contributed by atoms with van der Waals surface area (Å²) < 4.78 is 11.7. The fraction of sp³-hybridized carbons (Fsp3) is 0.433. The second kappa shape index (κ2) is 11.1. The van der Waals surface area contributed by atoms with E-state index >= 15 is 0 Å². The van der Waals surface area contributed by atoms with Gasteiger partial charge in [-0.3, -0.25) is 4.79 Å². The number of likely N-dealkylation sites (tertiary alicyclic amines) is 1. The second-order valence-corrected chi connectivity index (χ2v) is 12.0.